The molecular weight excluding hydrogens is 204 g/mol. The predicted octanol–water partition coefficient (Wildman–Crippen LogP) is -0.972. The maximum absolute atomic E-state index is 11.2. The Kier molecular flexibility index (Phi) is 3.48. The van der Waals surface area contributed by atoms with Gasteiger partial charge < -0.3 is 20.1 Å². The molecular formula is C8H12N2O5. The molecule has 0 radical (unpaired) electrons. The number of esters is 1. The first-order valence-electron chi connectivity index (χ1n) is 4.48. The molecule has 1 aliphatic rings. The number of carboxylic acid groups (broad SMARTS) is 1. The highest BCUT2D eigenvalue weighted by atomic mass is 16.5. The standard InChI is InChI=1S/C8H12N2O5/c1-2-15-6(11)4-10-3-5(7(12)13)9-8(10)14/h5H,2-4H2,1H3,(H,9,14)(H,12,13). The molecule has 84 valence electrons. The van der Waals surface area contributed by atoms with Crippen molar-refractivity contribution >= 4 is 18.0 Å². The number of nitrogens with zero attached hydrogens (tertiary/aromatic N) is 1. The summed E-state index contributed by atoms with van der Waals surface area (Å²) < 4.78 is 4.64. The number of ether oxygens (including phenoxy) is 1. The van der Waals surface area contributed by atoms with Crippen LogP contribution in [0.3, 0.4) is 0 Å². The average Bonchev–Trinajstić information content (AvgIpc) is 2.48. The third-order valence-corrected chi connectivity index (χ3v) is 1.91. The minimum absolute atomic E-state index is 0.0209. The molecule has 15 heavy (non-hydrogen) atoms. The molecule has 1 heterocycles. The first kappa shape index (κ1) is 11.3. The van der Waals surface area contributed by atoms with E-state index in [2.05, 4.69) is 10.1 Å². The van der Waals surface area contributed by atoms with Crippen LogP contribution in [0.5, 0.6) is 0 Å². The van der Waals surface area contributed by atoms with Crippen molar-refractivity contribution in [3.8, 4) is 0 Å². The van der Waals surface area contributed by atoms with Gasteiger partial charge in [-0.05, 0) is 6.92 Å². The molecule has 1 saturated heterocycles. The summed E-state index contributed by atoms with van der Waals surface area (Å²) in [5.74, 6) is -1.66. The average molecular weight is 216 g/mol. The van der Waals surface area contributed by atoms with Crippen molar-refractivity contribution in [1.82, 2.24) is 10.2 Å². The second-order valence-corrected chi connectivity index (χ2v) is 3.03. The summed E-state index contributed by atoms with van der Waals surface area (Å²) in [6.07, 6.45) is 0. The van der Waals surface area contributed by atoms with Crippen LogP contribution in [0.4, 0.5) is 4.79 Å². The minimum atomic E-state index is -1.12. The monoisotopic (exact) mass is 216 g/mol. The summed E-state index contributed by atoms with van der Waals surface area (Å²) in [5, 5.41) is 10.9. The Balaban J connectivity index is 2.47. The lowest BCUT2D eigenvalue weighted by molar-refractivity contribution is -0.144. The molecule has 2 amide bonds. The lowest BCUT2D eigenvalue weighted by Gasteiger charge is -2.12. The van der Waals surface area contributed by atoms with Gasteiger partial charge >= 0.3 is 18.0 Å². The Morgan fingerprint density at radius 3 is 2.80 bits per heavy atom. The topological polar surface area (TPSA) is 95.9 Å². The molecule has 1 unspecified atom stereocenters. The third-order valence-electron chi connectivity index (χ3n) is 1.91. The first-order chi connectivity index (χ1) is 7.04. The summed E-state index contributed by atoms with van der Waals surface area (Å²) in [7, 11) is 0. The van der Waals surface area contributed by atoms with Crippen LogP contribution in [0.15, 0.2) is 0 Å². The molecule has 1 rings (SSSR count). The summed E-state index contributed by atoms with van der Waals surface area (Å²) in [6.45, 7) is 1.65. The Hall–Kier alpha value is -1.79. The fraction of sp³-hybridized carbons (Fsp3) is 0.625. The Morgan fingerprint density at radius 2 is 2.33 bits per heavy atom. The smallest absolute Gasteiger partial charge is 0.328 e. The Labute approximate surface area is 86.0 Å². The Morgan fingerprint density at radius 1 is 1.67 bits per heavy atom. The van der Waals surface area contributed by atoms with E-state index in [1.165, 1.54) is 0 Å². The number of carboxylic acids is 1. The highest BCUT2D eigenvalue weighted by Crippen LogP contribution is 2.04. The molecule has 0 aromatic rings. The van der Waals surface area contributed by atoms with Gasteiger partial charge in [0.1, 0.15) is 12.6 Å². The highest BCUT2D eigenvalue weighted by molar-refractivity contribution is 5.88. The van der Waals surface area contributed by atoms with Crippen molar-refractivity contribution in [2.24, 2.45) is 0 Å². The number of urea groups is 1. The fourth-order valence-corrected chi connectivity index (χ4v) is 1.23. The predicted molar refractivity (Wildman–Crippen MR) is 48.2 cm³/mol. The number of hydrogen-bond acceptors (Lipinski definition) is 4. The zero-order valence-electron chi connectivity index (χ0n) is 8.23. The number of aliphatic carboxylic acids is 1. The van der Waals surface area contributed by atoms with E-state index in [4.69, 9.17) is 5.11 Å². The molecule has 7 nitrogen and oxygen atoms in total. The van der Waals surface area contributed by atoms with E-state index in [-0.39, 0.29) is 19.7 Å². The van der Waals surface area contributed by atoms with Crippen LogP contribution in [-0.2, 0) is 14.3 Å². The van der Waals surface area contributed by atoms with Crippen molar-refractivity contribution in [3.05, 3.63) is 0 Å². The molecule has 1 atom stereocenters. The highest BCUT2D eigenvalue weighted by Gasteiger charge is 2.34. The van der Waals surface area contributed by atoms with Gasteiger partial charge in [0.05, 0.1) is 13.2 Å². The van der Waals surface area contributed by atoms with Crippen LogP contribution in [-0.4, -0.2) is 53.7 Å². The lowest BCUT2D eigenvalue weighted by atomic mass is 10.3. The number of carbonyl (C=O) groups is 3. The third kappa shape index (κ3) is 2.83. The van der Waals surface area contributed by atoms with E-state index in [1.54, 1.807) is 6.92 Å². The van der Waals surface area contributed by atoms with Crippen LogP contribution in [0.1, 0.15) is 6.92 Å². The lowest BCUT2D eigenvalue weighted by Crippen LogP contribution is -2.34. The summed E-state index contributed by atoms with van der Waals surface area (Å²) >= 11 is 0. The van der Waals surface area contributed by atoms with Crippen molar-refractivity contribution in [2.45, 2.75) is 13.0 Å². The van der Waals surface area contributed by atoms with Gasteiger partial charge in [0.25, 0.3) is 0 Å². The molecule has 2 N–H and O–H groups in total. The molecule has 0 saturated carbocycles. The van der Waals surface area contributed by atoms with Crippen LogP contribution >= 0.6 is 0 Å². The normalized spacial score (nSPS) is 19.9. The number of amides is 2. The van der Waals surface area contributed by atoms with Gasteiger partial charge in [-0.2, -0.15) is 0 Å². The van der Waals surface area contributed by atoms with Crippen molar-refractivity contribution in [1.29, 1.82) is 0 Å². The van der Waals surface area contributed by atoms with Gasteiger partial charge in [0.2, 0.25) is 0 Å². The SMILES string of the molecule is CCOC(=O)CN1CC(C(=O)O)NC1=O. The summed E-state index contributed by atoms with van der Waals surface area (Å²) in [5.41, 5.74) is 0. The van der Waals surface area contributed by atoms with E-state index in [9.17, 15) is 14.4 Å². The van der Waals surface area contributed by atoms with E-state index in [1.807, 2.05) is 0 Å². The maximum atomic E-state index is 11.2. The molecule has 1 aliphatic heterocycles. The van der Waals surface area contributed by atoms with Gasteiger partial charge in [-0.3, -0.25) is 4.79 Å². The minimum Gasteiger partial charge on any atom is -0.480 e. The summed E-state index contributed by atoms with van der Waals surface area (Å²) in [6, 6.07) is -1.51. The van der Waals surface area contributed by atoms with Crippen molar-refractivity contribution < 1.29 is 24.2 Å². The van der Waals surface area contributed by atoms with E-state index in [0.717, 1.165) is 4.90 Å². The number of nitrogens with one attached hydrogen (secondary N) is 1. The Bertz CT molecular complexity index is 291. The van der Waals surface area contributed by atoms with Gasteiger partial charge in [-0.1, -0.05) is 0 Å². The van der Waals surface area contributed by atoms with Crippen LogP contribution in [0.2, 0.25) is 0 Å². The molecule has 0 aliphatic carbocycles. The zero-order chi connectivity index (χ0) is 11.4. The fourth-order valence-electron chi connectivity index (χ4n) is 1.23. The maximum Gasteiger partial charge on any atom is 0.328 e. The van der Waals surface area contributed by atoms with Crippen molar-refractivity contribution in [3.63, 3.8) is 0 Å². The van der Waals surface area contributed by atoms with E-state index in [0.29, 0.717) is 0 Å². The van der Waals surface area contributed by atoms with Gasteiger partial charge in [-0.15, -0.1) is 0 Å². The second kappa shape index (κ2) is 4.63. The van der Waals surface area contributed by atoms with Crippen molar-refractivity contribution in [2.75, 3.05) is 19.7 Å². The molecule has 0 aromatic carbocycles. The van der Waals surface area contributed by atoms with Gasteiger partial charge in [-0.25, -0.2) is 9.59 Å². The first-order valence-corrected chi connectivity index (χ1v) is 4.48. The molecule has 1 fully saturated rings. The number of carbonyl (C=O) groups excluding carboxylic acids is 2. The largest absolute Gasteiger partial charge is 0.480 e. The quantitative estimate of drug-likeness (QED) is 0.589. The summed E-state index contributed by atoms with van der Waals surface area (Å²) in [4.78, 5) is 33.9. The van der Waals surface area contributed by atoms with E-state index >= 15 is 0 Å². The molecule has 0 aromatic heterocycles. The molecule has 0 bridgehead atoms. The zero-order valence-corrected chi connectivity index (χ0v) is 8.23. The molecule has 7 heteroatoms. The van der Waals surface area contributed by atoms with Crippen LogP contribution in [0, 0.1) is 0 Å². The second-order valence-electron chi connectivity index (χ2n) is 3.03. The van der Waals surface area contributed by atoms with E-state index < -0.39 is 24.0 Å². The van der Waals surface area contributed by atoms with Crippen LogP contribution < -0.4 is 5.32 Å². The van der Waals surface area contributed by atoms with Gasteiger partial charge in [0, 0.05) is 0 Å². The number of rotatable bonds is 4. The molecule has 0 spiro atoms. The van der Waals surface area contributed by atoms with Gasteiger partial charge in [0.15, 0.2) is 0 Å². The van der Waals surface area contributed by atoms with Crippen LogP contribution in [0.25, 0.3) is 0 Å². The number of hydrogen-bond donors (Lipinski definition) is 2.